The van der Waals surface area contributed by atoms with Gasteiger partial charge in [0, 0.05) is 31.4 Å². The van der Waals surface area contributed by atoms with Crippen molar-refractivity contribution in [2.24, 2.45) is 5.73 Å². The summed E-state index contributed by atoms with van der Waals surface area (Å²) in [5, 5.41) is 0. The number of hydrogen-bond donors (Lipinski definition) is 1. The van der Waals surface area contributed by atoms with Crippen molar-refractivity contribution in [1.82, 2.24) is 4.90 Å². The molecule has 0 aromatic carbocycles. The minimum Gasteiger partial charge on any atom is -0.329 e. The van der Waals surface area contributed by atoms with E-state index in [4.69, 9.17) is 5.73 Å². The smallest absolute Gasteiger partial charge is 0.0230 e. The molecule has 3 heteroatoms. The summed E-state index contributed by atoms with van der Waals surface area (Å²) < 4.78 is 0. The van der Waals surface area contributed by atoms with Gasteiger partial charge in [-0.15, -0.1) is 0 Å². The largest absolute Gasteiger partial charge is 0.329 e. The summed E-state index contributed by atoms with van der Waals surface area (Å²) in [4.78, 5) is 2.47. The molecule has 0 bridgehead atoms. The van der Waals surface area contributed by atoms with Crippen LogP contribution in [-0.4, -0.2) is 42.6 Å². The average Bonchev–Trinajstić information content (AvgIpc) is 1.88. The van der Waals surface area contributed by atoms with E-state index >= 15 is 0 Å². The minimum atomic E-state index is 0.701. The molecule has 1 unspecified atom stereocenters. The van der Waals surface area contributed by atoms with Gasteiger partial charge in [0.15, 0.2) is 0 Å². The fourth-order valence-corrected chi connectivity index (χ4v) is 1.68. The van der Waals surface area contributed by atoms with Crippen molar-refractivity contribution in [3.8, 4) is 0 Å². The summed E-state index contributed by atoms with van der Waals surface area (Å²) in [5.74, 6) is 1.25. The monoisotopic (exact) mass is 160 g/mol. The highest BCUT2D eigenvalue weighted by molar-refractivity contribution is 7.98. The van der Waals surface area contributed by atoms with Crippen LogP contribution in [0.15, 0.2) is 0 Å². The highest BCUT2D eigenvalue weighted by Gasteiger charge is 2.24. The van der Waals surface area contributed by atoms with E-state index in [2.05, 4.69) is 11.2 Å². The van der Waals surface area contributed by atoms with Crippen LogP contribution in [0.5, 0.6) is 0 Å². The Hall–Kier alpha value is 0.270. The van der Waals surface area contributed by atoms with Crippen LogP contribution in [-0.2, 0) is 0 Å². The second-order valence-corrected chi connectivity index (χ2v) is 3.69. The molecule has 0 amide bonds. The molecule has 2 nitrogen and oxygen atoms in total. The van der Waals surface area contributed by atoms with Gasteiger partial charge in [0.2, 0.25) is 0 Å². The van der Waals surface area contributed by atoms with Gasteiger partial charge in [-0.2, -0.15) is 11.8 Å². The van der Waals surface area contributed by atoms with Crippen molar-refractivity contribution in [3.63, 3.8) is 0 Å². The molecule has 10 heavy (non-hydrogen) atoms. The van der Waals surface area contributed by atoms with Crippen LogP contribution in [0.2, 0.25) is 0 Å². The van der Waals surface area contributed by atoms with Gasteiger partial charge in [-0.05, 0) is 12.7 Å². The third-order valence-electron chi connectivity index (χ3n) is 2.12. The zero-order chi connectivity index (χ0) is 7.40. The molecule has 1 saturated heterocycles. The molecule has 2 N–H and O–H groups in total. The quantitative estimate of drug-likeness (QED) is 0.645. The van der Waals surface area contributed by atoms with Crippen molar-refractivity contribution in [1.29, 1.82) is 0 Å². The SMILES string of the molecule is CSCCN1CCC1CN. The van der Waals surface area contributed by atoms with Gasteiger partial charge < -0.3 is 5.73 Å². The molecule has 1 heterocycles. The highest BCUT2D eigenvalue weighted by atomic mass is 32.2. The van der Waals surface area contributed by atoms with Crippen LogP contribution in [0.4, 0.5) is 0 Å². The number of thioether (sulfide) groups is 1. The number of nitrogens with zero attached hydrogens (tertiary/aromatic N) is 1. The van der Waals surface area contributed by atoms with E-state index in [1.807, 2.05) is 11.8 Å². The summed E-state index contributed by atoms with van der Waals surface area (Å²) in [5.41, 5.74) is 5.55. The Bertz CT molecular complexity index is 95.6. The lowest BCUT2D eigenvalue weighted by molar-refractivity contribution is 0.106. The molecular weight excluding hydrogens is 144 g/mol. The van der Waals surface area contributed by atoms with Crippen LogP contribution in [0.1, 0.15) is 6.42 Å². The number of nitrogens with two attached hydrogens (primary N) is 1. The van der Waals surface area contributed by atoms with Gasteiger partial charge in [-0.25, -0.2) is 0 Å². The normalized spacial score (nSPS) is 26.4. The molecule has 1 rings (SSSR count). The first-order valence-corrected chi connectivity index (χ1v) is 5.21. The average molecular weight is 160 g/mol. The van der Waals surface area contributed by atoms with E-state index in [9.17, 15) is 0 Å². The van der Waals surface area contributed by atoms with Gasteiger partial charge in [-0.1, -0.05) is 0 Å². The Kier molecular flexibility index (Phi) is 3.52. The third-order valence-corrected chi connectivity index (χ3v) is 2.71. The Labute approximate surface area is 67.1 Å². The fourth-order valence-electron chi connectivity index (χ4n) is 1.26. The minimum absolute atomic E-state index is 0.701. The summed E-state index contributed by atoms with van der Waals surface area (Å²) in [7, 11) is 0. The Morgan fingerprint density at radius 3 is 2.90 bits per heavy atom. The first kappa shape index (κ1) is 8.37. The molecular formula is C7H16N2S. The molecule has 0 spiro atoms. The van der Waals surface area contributed by atoms with E-state index in [1.165, 1.54) is 25.3 Å². The van der Waals surface area contributed by atoms with Crippen molar-refractivity contribution in [3.05, 3.63) is 0 Å². The molecule has 0 aromatic rings. The number of hydrogen-bond acceptors (Lipinski definition) is 3. The summed E-state index contributed by atoms with van der Waals surface area (Å²) >= 11 is 1.91. The number of rotatable bonds is 4. The molecule has 0 saturated carbocycles. The summed E-state index contributed by atoms with van der Waals surface area (Å²) in [6.07, 6.45) is 3.46. The molecule has 0 aliphatic carbocycles. The van der Waals surface area contributed by atoms with Gasteiger partial charge in [-0.3, -0.25) is 4.90 Å². The van der Waals surface area contributed by atoms with E-state index in [0.29, 0.717) is 6.04 Å². The maximum absolute atomic E-state index is 5.55. The van der Waals surface area contributed by atoms with E-state index in [0.717, 1.165) is 6.54 Å². The van der Waals surface area contributed by atoms with Crippen molar-refractivity contribution >= 4 is 11.8 Å². The molecule has 1 atom stereocenters. The molecule has 0 aromatic heterocycles. The molecule has 0 radical (unpaired) electrons. The van der Waals surface area contributed by atoms with Gasteiger partial charge >= 0.3 is 0 Å². The van der Waals surface area contributed by atoms with Crippen molar-refractivity contribution < 1.29 is 0 Å². The first-order valence-electron chi connectivity index (χ1n) is 3.81. The fraction of sp³-hybridized carbons (Fsp3) is 1.00. The predicted molar refractivity (Wildman–Crippen MR) is 47.4 cm³/mol. The van der Waals surface area contributed by atoms with Crippen molar-refractivity contribution in [2.45, 2.75) is 12.5 Å². The Morgan fingerprint density at radius 1 is 1.70 bits per heavy atom. The van der Waals surface area contributed by atoms with Crippen LogP contribution in [0, 0.1) is 0 Å². The molecule has 60 valence electrons. The lowest BCUT2D eigenvalue weighted by Crippen LogP contribution is -2.52. The van der Waals surface area contributed by atoms with Crippen LogP contribution < -0.4 is 5.73 Å². The first-order chi connectivity index (χ1) is 4.88. The van der Waals surface area contributed by atoms with Gasteiger partial charge in [0.25, 0.3) is 0 Å². The second-order valence-electron chi connectivity index (χ2n) is 2.71. The van der Waals surface area contributed by atoms with Gasteiger partial charge in [0.05, 0.1) is 0 Å². The van der Waals surface area contributed by atoms with Gasteiger partial charge in [0.1, 0.15) is 0 Å². The van der Waals surface area contributed by atoms with Crippen molar-refractivity contribution in [2.75, 3.05) is 31.6 Å². The zero-order valence-corrected chi connectivity index (χ0v) is 7.36. The summed E-state index contributed by atoms with van der Waals surface area (Å²) in [6, 6.07) is 0.701. The number of likely N-dealkylation sites (tertiary alicyclic amines) is 1. The predicted octanol–water partition coefficient (Wildman–Crippen LogP) is 0.382. The molecule has 1 aliphatic heterocycles. The second kappa shape index (κ2) is 4.21. The maximum Gasteiger partial charge on any atom is 0.0230 e. The lowest BCUT2D eigenvalue weighted by Gasteiger charge is -2.40. The highest BCUT2D eigenvalue weighted by Crippen LogP contribution is 2.15. The standard InChI is InChI=1S/C7H16N2S/c1-10-5-4-9-3-2-7(9)6-8/h7H,2-6,8H2,1H3. The maximum atomic E-state index is 5.55. The Morgan fingerprint density at radius 2 is 2.50 bits per heavy atom. The topological polar surface area (TPSA) is 29.3 Å². The molecule has 1 aliphatic rings. The zero-order valence-electron chi connectivity index (χ0n) is 6.55. The van der Waals surface area contributed by atoms with Crippen LogP contribution in [0.3, 0.4) is 0 Å². The van der Waals surface area contributed by atoms with E-state index in [-0.39, 0.29) is 0 Å². The Balaban J connectivity index is 2.05. The molecule has 1 fully saturated rings. The van der Waals surface area contributed by atoms with E-state index in [1.54, 1.807) is 0 Å². The van der Waals surface area contributed by atoms with E-state index < -0.39 is 0 Å². The van der Waals surface area contributed by atoms with Crippen LogP contribution in [0.25, 0.3) is 0 Å². The van der Waals surface area contributed by atoms with Crippen LogP contribution >= 0.6 is 11.8 Å². The lowest BCUT2D eigenvalue weighted by atomic mass is 10.0. The third kappa shape index (κ3) is 1.87. The summed E-state index contributed by atoms with van der Waals surface area (Å²) in [6.45, 7) is 3.33.